The quantitative estimate of drug-likeness (QED) is 0.377. The van der Waals surface area contributed by atoms with E-state index in [1.807, 2.05) is 84.9 Å². The minimum Gasteiger partial charge on any atom is -0.507 e. The number of phenols is 2. The second kappa shape index (κ2) is 9.32. The van der Waals surface area contributed by atoms with E-state index in [0.29, 0.717) is 12.4 Å². The predicted molar refractivity (Wildman–Crippen MR) is 129 cm³/mol. The van der Waals surface area contributed by atoms with Gasteiger partial charge in [-0.05, 0) is 22.8 Å². The molecule has 1 atom stereocenters. The number of fused-ring (bicyclic) bond motifs is 1. The zero-order chi connectivity index (χ0) is 23.5. The van der Waals surface area contributed by atoms with Gasteiger partial charge >= 0.3 is 0 Å². The Morgan fingerprint density at radius 2 is 1.56 bits per heavy atom. The zero-order valence-corrected chi connectivity index (χ0v) is 18.5. The van der Waals surface area contributed by atoms with Crippen molar-refractivity contribution in [2.75, 3.05) is 0 Å². The second-order valence-corrected chi connectivity index (χ2v) is 8.30. The molecule has 0 radical (unpaired) electrons. The number of phenolic OH excluding ortho intramolecular Hbond substituents is 2. The molecular formula is C29H24O5. The Balaban J connectivity index is 1.42. The topological polar surface area (TPSA) is 76.0 Å². The van der Waals surface area contributed by atoms with E-state index in [9.17, 15) is 15.0 Å². The lowest BCUT2D eigenvalue weighted by Crippen LogP contribution is -2.21. The number of rotatable bonds is 6. The zero-order valence-electron chi connectivity index (χ0n) is 18.5. The third-order valence-electron chi connectivity index (χ3n) is 6.01. The van der Waals surface area contributed by atoms with Crippen LogP contribution in [-0.2, 0) is 13.0 Å². The predicted octanol–water partition coefficient (Wildman–Crippen LogP) is 5.97. The number of carbonyl (C=O) groups is 1. The van der Waals surface area contributed by atoms with Crippen LogP contribution in [0.1, 0.15) is 45.1 Å². The van der Waals surface area contributed by atoms with Crippen LogP contribution in [0.2, 0.25) is 0 Å². The van der Waals surface area contributed by atoms with Gasteiger partial charge in [0.15, 0.2) is 5.78 Å². The molecule has 5 rings (SSSR count). The van der Waals surface area contributed by atoms with Gasteiger partial charge in [-0.3, -0.25) is 4.79 Å². The first kappa shape index (κ1) is 21.6. The van der Waals surface area contributed by atoms with Gasteiger partial charge in [0.1, 0.15) is 41.3 Å². The summed E-state index contributed by atoms with van der Waals surface area (Å²) in [4.78, 5) is 13.0. The summed E-state index contributed by atoms with van der Waals surface area (Å²) >= 11 is 0. The van der Waals surface area contributed by atoms with Gasteiger partial charge in [-0.15, -0.1) is 0 Å². The normalized spacial score (nSPS) is 14.8. The van der Waals surface area contributed by atoms with Gasteiger partial charge < -0.3 is 19.7 Å². The number of benzene rings is 4. The molecule has 1 aliphatic heterocycles. The van der Waals surface area contributed by atoms with Crippen molar-refractivity contribution in [3.63, 3.8) is 0 Å². The first-order valence-electron chi connectivity index (χ1n) is 11.2. The van der Waals surface area contributed by atoms with E-state index >= 15 is 0 Å². The molecule has 34 heavy (non-hydrogen) atoms. The van der Waals surface area contributed by atoms with E-state index < -0.39 is 6.10 Å². The molecule has 0 amide bonds. The average molecular weight is 453 g/mol. The molecular weight excluding hydrogens is 428 g/mol. The highest BCUT2D eigenvalue weighted by atomic mass is 16.5. The summed E-state index contributed by atoms with van der Waals surface area (Å²) in [7, 11) is 0. The molecule has 5 nitrogen and oxygen atoms in total. The molecule has 5 heteroatoms. The fraction of sp³-hybridized carbons (Fsp3) is 0.138. The third kappa shape index (κ3) is 4.33. The van der Waals surface area contributed by atoms with Crippen molar-refractivity contribution in [1.29, 1.82) is 0 Å². The van der Waals surface area contributed by atoms with Gasteiger partial charge in [0, 0.05) is 18.1 Å². The summed E-state index contributed by atoms with van der Waals surface area (Å²) in [5.41, 5.74) is 3.07. The van der Waals surface area contributed by atoms with Crippen LogP contribution in [0.5, 0.6) is 23.0 Å². The van der Waals surface area contributed by atoms with Gasteiger partial charge in [0.25, 0.3) is 0 Å². The molecule has 0 saturated heterocycles. The summed E-state index contributed by atoms with van der Waals surface area (Å²) in [5, 5.41) is 21.8. The SMILES string of the molecule is O=C1CC(c2ccccc2)Oc2cc(O)c(Cc3ccccc3OCc3ccccc3)c(O)c21. The Kier molecular flexibility index (Phi) is 5.91. The first-order valence-corrected chi connectivity index (χ1v) is 11.2. The van der Waals surface area contributed by atoms with Crippen molar-refractivity contribution in [2.45, 2.75) is 25.6 Å². The van der Waals surface area contributed by atoms with Crippen molar-refractivity contribution < 1.29 is 24.5 Å². The number of para-hydroxylation sites is 1. The maximum Gasteiger partial charge on any atom is 0.174 e. The number of ether oxygens (including phenoxy) is 2. The van der Waals surface area contributed by atoms with Crippen LogP contribution in [0.4, 0.5) is 0 Å². The summed E-state index contributed by atoms with van der Waals surface area (Å²) in [5.74, 6) is 0.245. The molecule has 0 aliphatic carbocycles. The van der Waals surface area contributed by atoms with Crippen molar-refractivity contribution in [3.05, 3.63) is 119 Å². The summed E-state index contributed by atoms with van der Waals surface area (Å²) in [6, 6.07) is 28.2. The van der Waals surface area contributed by atoms with Crippen LogP contribution in [0, 0.1) is 0 Å². The second-order valence-electron chi connectivity index (χ2n) is 8.30. The molecule has 4 aromatic rings. The van der Waals surface area contributed by atoms with Crippen LogP contribution >= 0.6 is 0 Å². The summed E-state index contributed by atoms with van der Waals surface area (Å²) < 4.78 is 12.0. The Morgan fingerprint density at radius 1 is 0.882 bits per heavy atom. The van der Waals surface area contributed by atoms with Crippen LogP contribution < -0.4 is 9.47 Å². The van der Waals surface area contributed by atoms with Crippen molar-refractivity contribution >= 4 is 5.78 Å². The Labute approximate surface area is 197 Å². The summed E-state index contributed by atoms with van der Waals surface area (Å²) in [6.45, 7) is 0.396. The van der Waals surface area contributed by atoms with Crippen LogP contribution in [-0.4, -0.2) is 16.0 Å². The molecule has 0 aromatic heterocycles. The Bertz CT molecular complexity index is 1320. The van der Waals surface area contributed by atoms with Crippen molar-refractivity contribution in [1.82, 2.24) is 0 Å². The highest BCUT2D eigenvalue weighted by Crippen LogP contribution is 2.45. The monoisotopic (exact) mass is 452 g/mol. The van der Waals surface area contributed by atoms with Crippen LogP contribution in [0.15, 0.2) is 91.0 Å². The Morgan fingerprint density at radius 3 is 2.32 bits per heavy atom. The van der Waals surface area contributed by atoms with E-state index in [2.05, 4.69) is 0 Å². The molecule has 170 valence electrons. The lowest BCUT2D eigenvalue weighted by Gasteiger charge is -2.27. The van der Waals surface area contributed by atoms with Crippen LogP contribution in [0.25, 0.3) is 0 Å². The van der Waals surface area contributed by atoms with Crippen molar-refractivity contribution in [2.24, 2.45) is 0 Å². The number of hydrogen-bond donors (Lipinski definition) is 2. The van der Waals surface area contributed by atoms with E-state index in [0.717, 1.165) is 16.7 Å². The molecule has 4 aromatic carbocycles. The average Bonchev–Trinajstić information content (AvgIpc) is 2.86. The smallest absolute Gasteiger partial charge is 0.174 e. The number of aromatic hydroxyl groups is 2. The molecule has 0 fully saturated rings. The van der Waals surface area contributed by atoms with Gasteiger partial charge in [-0.1, -0.05) is 78.9 Å². The maximum atomic E-state index is 13.0. The summed E-state index contributed by atoms with van der Waals surface area (Å²) in [6.07, 6.45) is -0.144. The first-order chi connectivity index (χ1) is 16.6. The molecule has 0 spiro atoms. The minimum absolute atomic E-state index is 0.114. The fourth-order valence-corrected chi connectivity index (χ4v) is 4.24. The number of ketones is 1. The lowest BCUT2D eigenvalue weighted by atomic mass is 9.92. The lowest BCUT2D eigenvalue weighted by molar-refractivity contribution is 0.0844. The maximum absolute atomic E-state index is 13.0. The molecule has 2 N–H and O–H groups in total. The van der Waals surface area contributed by atoms with E-state index in [1.165, 1.54) is 6.07 Å². The third-order valence-corrected chi connectivity index (χ3v) is 6.01. The molecule has 0 bridgehead atoms. The molecule has 0 saturated carbocycles. The largest absolute Gasteiger partial charge is 0.507 e. The van der Waals surface area contributed by atoms with E-state index in [-0.39, 0.29) is 47.0 Å². The Hall–Kier alpha value is -4.25. The van der Waals surface area contributed by atoms with Crippen LogP contribution in [0.3, 0.4) is 0 Å². The molecule has 1 heterocycles. The van der Waals surface area contributed by atoms with Gasteiger partial charge in [-0.25, -0.2) is 0 Å². The standard InChI is InChI=1S/C29H24O5/c30-23-16-27-28(24(31)17-26(34-27)20-11-5-2-6-12-20)29(32)22(23)15-21-13-7-8-14-25(21)33-18-19-9-3-1-4-10-19/h1-14,16,26,30,32H,15,17-18H2. The van der Waals surface area contributed by atoms with E-state index in [1.54, 1.807) is 0 Å². The number of carbonyl (C=O) groups excluding carboxylic acids is 1. The molecule has 1 aliphatic rings. The van der Waals surface area contributed by atoms with Gasteiger partial charge in [0.2, 0.25) is 0 Å². The van der Waals surface area contributed by atoms with Gasteiger partial charge in [-0.2, -0.15) is 0 Å². The van der Waals surface area contributed by atoms with Gasteiger partial charge in [0.05, 0.1) is 6.42 Å². The minimum atomic E-state index is -0.460. The highest BCUT2D eigenvalue weighted by Gasteiger charge is 2.32. The highest BCUT2D eigenvalue weighted by molar-refractivity contribution is 6.03. The number of hydrogen-bond acceptors (Lipinski definition) is 5. The van der Waals surface area contributed by atoms with E-state index in [4.69, 9.17) is 9.47 Å². The number of Topliss-reactive ketones (excluding diaryl/α,β-unsaturated/α-hetero) is 1. The van der Waals surface area contributed by atoms with Crippen molar-refractivity contribution in [3.8, 4) is 23.0 Å². The fourth-order valence-electron chi connectivity index (χ4n) is 4.24. The molecule has 1 unspecified atom stereocenters.